The number of aliphatic hydroxyl groups excluding tert-OH is 2. The molecule has 1 saturated heterocycles. The molecule has 252 valence electrons. The third-order valence-corrected chi connectivity index (χ3v) is 11.0. The Hall–Kier alpha value is -4.94. The molecule has 1 spiro atoms. The van der Waals surface area contributed by atoms with Crippen molar-refractivity contribution in [3.05, 3.63) is 107 Å². The van der Waals surface area contributed by atoms with Gasteiger partial charge in [-0.15, -0.1) is 0 Å². The van der Waals surface area contributed by atoms with Crippen LogP contribution in [0, 0.1) is 10.4 Å². The van der Waals surface area contributed by atoms with Crippen LogP contribution in [0.4, 0.5) is 0 Å². The van der Waals surface area contributed by atoms with Gasteiger partial charge in [-0.05, 0) is 36.9 Å². The van der Waals surface area contributed by atoms with Crippen LogP contribution in [0.2, 0.25) is 0 Å². The van der Waals surface area contributed by atoms with Crippen molar-refractivity contribution >= 4 is 57.0 Å². The van der Waals surface area contributed by atoms with E-state index in [-0.39, 0.29) is 51.4 Å². The van der Waals surface area contributed by atoms with Crippen LogP contribution < -0.4 is 47.9 Å². The Kier molecular flexibility index (Phi) is 7.71. The third-order valence-electron chi connectivity index (χ3n) is 9.69. The van der Waals surface area contributed by atoms with E-state index < -0.39 is 76.6 Å². The minimum absolute atomic E-state index is 0.0897. The van der Waals surface area contributed by atoms with Crippen molar-refractivity contribution in [2.45, 2.75) is 22.3 Å². The standard InChI is InChI=1S/C33H28IN5O10/c1-38-5-6-39(11-18(38)34)12-19(41)37-35-10-15-8-14-7-13-3-4-33(25(13)29(45)20(14)32(48)36-15)30(46)23-24(31(33)47)28(44)22-21(27(23)43)16(40)9-17(49-2)26(22)42/h7-10,18,45-47H,3-6,11-12H2,1-2H3,(H,36,48)(H,37,41)/t18?,33-/m0/s1. The Morgan fingerprint density at radius 3 is 2.41 bits per heavy atom. The van der Waals surface area contributed by atoms with Crippen LogP contribution in [0.3, 0.4) is 0 Å². The SMILES string of the molecule is COc1cc(=O)c2c(=O)c3c(c(=O)c=2c1=O)=C(O)[C@]1(CCc2cc4cc(C=NNC(=O)CN5CCN(C)C(I)C5)[nH]c(=O)c4c(O)c21)C=3O. The van der Waals surface area contributed by atoms with Crippen LogP contribution >= 0.6 is 22.6 Å². The second kappa shape index (κ2) is 11.6. The van der Waals surface area contributed by atoms with Crippen molar-refractivity contribution in [1.82, 2.24) is 20.2 Å². The maximum atomic E-state index is 13.7. The topological polar surface area (TPSA) is 219 Å². The predicted molar refractivity (Wildman–Crippen MR) is 186 cm³/mol. The summed E-state index contributed by atoms with van der Waals surface area (Å²) in [4.78, 5) is 85.7. The zero-order valence-corrected chi connectivity index (χ0v) is 28.2. The summed E-state index contributed by atoms with van der Waals surface area (Å²) in [6, 6.07) is 3.87. The molecule has 7 rings (SSSR count). The minimum atomic E-state index is -2.00. The van der Waals surface area contributed by atoms with Crippen molar-refractivity contribution in [3.63, 3.8) is 0 Å². The molecule has 1 aromatic heterocycles. The average Bonchev–Trinajstić information content (AvgIpc) is 3.54. The van der Waals surface area contributed by atoms with Crippen molar-refractivity contribution in [2.75, 3.05) is 40.3 Å². The number of aromatic amines is 1. The number of pyridine rings is 1. The highest BCUT2D eigenvalue weighted by Crippen LogP contribution is 2.54. The number of carbonyl (C=O) groups is 1. The highest BCUT2D eigenvalue weighted by Gasteiger charge is 2.53. The lowest BCUT2D eigenvalue weighted by Gasteiger charge is -2.35. The molecule has 15 nitrogen and oxygen atoms in total. The Morgan fingerprint density at radius 1 is 1.04 bits per heavy atom. The number of nitrogens with zero attached hydrogens (tertiary/aromatic N) is 3. The van der Waals surface area contributed by atoms with Crippen LogP contribution in [0.1, 0.15) is 23.2 Å². The quantitative estimate of drug-likeness (QED) is 0.0487. The number of fused-ring (bicyclic) bond motifs is 4. The van der Waals surface area contributed by atoms with Crippen LogP contribution in [0.5, 0.6) is 11.5 Å². The van der Waals surface area contributed by atoms with E-state index in [1.54, 1.807) is 6.07 Å². The number of aromatic nitrogens is 1. The number of H-pyrrole nitrogens is 1. The zero-order valence-electron chi connectivity index (χ0n) is 26.0. The summed E-state index contributed by atoms with van der Waals surface area (Å²) in [5.41, 5.74) is -4.05. The lowest BCUT2D eigenvalue weighted by Crippen LogP contribution is -2.51. The van der Waals surface area contributed by atoms with Crippen LogP contribution in [-0.4, -0.2) is 86.6 Å². The highest BCUT2D eigenvalue weighted by atomic mass is 127. The van der Waals surface area contributed by atoms with Gasteiger partial charge in [0.2, 0.25) is 16.3 Å². The van der Waals surface area contributed by atoms with Gasteiger partial charge in [0, 0.05) is 31.3 Å². The smallest absolute Gasteiger partial charge is 0.260 e. The number of phenolic OH excluding ortho intramolecular Hbond substituents is 1. The number of benzene rings is 1. The molecule has 5 N–H and O–H groups in total. The number of hydrogen-bond acceptors (Lipinski definition) is 13. The summed E-state index contributed by atoms with van der Waals surface area (Å²) < 4.78 is 5.19. The third kappa shape index (κ3) is 4.72. The van der Waals surface area contributed by atoms with Gasteiger partial charge in [0.15, 0.2) is 11.2 Å². The lowest BCUT2D eigenvalue weighted by atomic mass is 9.78. The normalized spacial score (nSPS) is 20.9. The van der Waals surface area contributed by atoms with Gasteiger partial charge in [-0.25, -0.2) is 5.43 Å². The summed E-state index contributed by atoms with van der Waals surface area (Å²) in [6.07, 6.45) is 1.27. The molecule has 1 unspecified atom stereocenters. The van der Waals surface area contributed by atoms with Crippen molar-refractivity contribution < 1.29 is 24.9 Å². The van der Waals surface area contributed by atoms with Gasteiger partial charge in [0.25, 0.3) is 11.5 Å². The van der Waals surface area contributed by atoms with Gasteiger partial charge in [0.05, 0.1) is 55.9 Å². The number of alkyl halides is 1. The Balaban J connectivity index is 1.30. The number of hydrazone groups is 1. The van der Waals surface area contributed by atoms with Gasteiger partial charge in [-0.3, -0.25) is 38.6 Å². The molecule has 49 heavy (non-hydrogen) atoms. The van der Waals surface area contributed by atoms with Gasteiger partial charge in [0.1, 0.15) is 22.7 Å². The van der Waals surface area contributed by atoms with E-state index in [1.807, 2.05) is 11.9 Å². The molecule has 16 heteroatoms. The number of amides is 1. The molecular weight excluding hydrogens is 753 g/mol. The average molecular weight is 782 g/mol. The number of nitrogens with one attached hydrogen (secondary N) is 2. The summed E-state index contributed by atoms with van der Waals surface area (Å²) in [5, 5.41) is 36.0. The van der Waals surface area contributed by atoms with E-state index >= 15 is 0 Å². The molecule has 5 aliphatic rings. The molecular formula is C33H28IN5O10. The highest BCUT2D eigenvalue weighted by molar-refractivity contribution is 14.1. The van der Waals surface area contributed by atoms with E-state index in [9.17, 15) is 44.1 Å². The van der Waals surface area contributed by atoms with E-state index in [2.05, 4.69) is 43.0 Å². The molecule has 0 saturated carbocycles. The van der Waals surface area contributed by atoms with Gasteiger partial charge in [-0.1, -0.05) is 28.7 Å². The first-order chi connectivity index (χ1) is 23.3. The number of aromatic hydroxyl groups is 1. The molecule has 4 aliphatic carbocycles. The molecule has 1 aliphatic heterocycles. The number of phenols is 1. The number of halogens is 1. The molecule has 1 amide bonds. The fraction of sp³-hybridized carbons (Fsp3) is 0.303. The number of carbonyl (C=O) groups excluding carboxylic acids is 1. The fourth-order valence-electron chi connectivity index (χ4n) is 7.28. The van der Waals surface area contributed by atoms with Crippen LogP contribution in [-0.2, 0) is 16.6 Å². The molecule has 2 heterocycles. The lowest BCUT2D eigenvalue weighted by molar-refractivity contribution is -0.122. The number of aliphatic hydroxyl groups is 2. The number of rotatable bonds is 5. The summed E-state index contributed by atoms with van der Waals surface area (Å²) in [5.74, 6) is -2.95. The predicted octanol–water partition coefficient (Wildman–Crippen LogP) is -2.03. The molecule has 2 atom stereocenters. The first-order valence-corrected chi connectivity index (χ1v) is 16.4. The Labute approximate surface area is 287 Å². The maximum Gasteiger partial charge on any atom is 0.260 e. The first kappa shape index (κ1) is 32.6. The van der Waals surface area contributed by atoms with Gasteiger partial charge < -0.3 is 25.0 Å². The molecule has 1 aromatic carbocycles. The number of aryl methyl sites for hydroxylation is 1. The summed E-state index contributed by atoms with van der Waals surface area (Å²) >= 11 is 2.32. The van der Waals surface area contributed by atoms with E-state index in [1.165, 1.54) is 12.3 Å². The Bertz CT molecular complexity index is 2650. The molecule has 0 radical (unpaired) electrons. The molecule has 1 fully saturated rings. The maximum absolute atomic E-state index is 13.7. The fourth-order valence-corrected chi connectivity index (χ4v) is 8.11. The number of piperazine rings is 1. The van der Waals surface area contributed by atoms with Gasteiger partial charge >= 0.3 is 0 Å². The van der Waals surface area contributed by atoms with E-state index in [0.29, 0.717) is 5.56 Å². The van der Waals surface area contributed by atoms with E-state index in [4.69, 9.17) is 4.74 Å². The minimum Gasteiger partial charge on any atom is -0.510 e. The molecule has 0 bridgehead atoms. The number of ether oxygens (including phenoxy) is 1. The van der Waals surface area contributed by atoms with Crippen LogP contribution in [0.25, 0.3) is 22.3 Å². The van der Waals surface area contributed by atoms with E-state index in [0.717, 1.165) is 32.8 Å². The zero-order chi connectivity index (χ0) is 35.1. The monoisotopic (exact) mass is 781 g/mol. The molecule has 2 aromatic rings. The Morgan fingerprint density at radius 2 is 1.73 bits per heavy atom. The number of methoxy groups -OCH3 is 1. The first-order valence-electron chi connectivity index (χ1n) is 15.2. The van der Waals surface area contributed by atoms with Crippen LogP contribution in [0.15, 0.2) is 47.3 Å². The van der Waals surface area contributed by atoms with Crippen molar-refractivity contribution in [1.29, 1.82) is 0 Å². The number of likely N-dealkylation sites (N-methyl/N-ethyl adjacent to an activating group) is 1. The second-order valence-electron chi connectivity index (χ2n) is 12.4. The number of hydrogen-bond donors (Lipinski definition) is 5. The summed E-state index contributed by atoms with van der Waals surface area (Å²) in [7, 11) is 3.14. The largest absolute Gasteiger partial charge is 0.510 e. The second-order valence-corrected chi connectivity index (χ2v) is 13.8. The summed E-state index contributed by atoms with van der Waals surface area (Å²) in [6.45, 7) is 2.45. The van der Waals surface area contributed by atoms with Crippen molar-refractivity contribution in [2.24, 2.45) is 5.10 Å². The van der Waals surface area contributed by atoms with Crippen molar-refractivity contribution in [3.8, 4) is 11.5 Å². The van der Waals surface area contributed by atoms with Gasteiger partial charge in [-0.2, -0.15) is 5.10 Å².